The number of rotatable bonds is 5. The van der Waals surface area contributed by atoms with E-state index in [1.807, 2.05) is 6.92 Å². The number of carboxylic acid groups (broad SMARTS) is 1. The van der Waals surface area contributed by atoms with E-state index in [4.69, 9.17) is 9.84 Å². The highest BCUT2D eigenvalue weighted by Crippen LogP contribution is 2.24. The largest absolute Gasteiger partial charge is 0.494 e. The van der Waals surface area contributed by atoms with E-state index in [0.717, 1.165) is 11.3 Å². The molecule has 0 amide bonds. The van der Waals surface area contributed by atoms with Crippen LogP contribution in [0.25, 0.3) is 0 Å². The van der Waals surface area contributed by atoms with Crippen molar-refractivity contribution in [2.24, 2.45) is 0 Å². The number of hydrogen-bond acceptors (Lipinski definition) is 3. The highest BCUT2D eigenvalue weighted by molar-refractivity contribution is 5.88. The Morgan fingerprint density at radius 3 is 2.43 bits per heavy atom. The zero-order valence-electron chi connectivity index (χ0n) is 11.8. The minimum atomic E-state index is -0.966. The number of anilines is 1. The van der Waals surface area contributed by atoms with Crippen LogP contribution >= 0.6 is 0 Å². The first kappa shape index (κ1) is 14.8. The predicted octanol–water partition coefficient (Wildman–Crippen LogP) is 3.71. The van der Waals surface area contributed by atoms with Crippen molar-refractivity contribution in [3.8, 4) is 5.75 Å². The first-order valence-electron chi connectivity index (χ1n) is 6.44. The average molecular weight is 289 g/mol. The summed E-state index contributed by atoms with van der Waals surface area (Å²) in [5.74, 6) is -1.17. The van der Waals surface area contributed by atoms with Crippen molar-refractivity contribution in [2.75, 3.05) is 12.4 Å². The van der Waals surface area contributed by atoms with Crippen molar-refractivity contribution >= 4 is 11.7 Å². The van der Waals surface area contributed by atoms with E-state index in [1.165, 1.54) is 25.3 Å². The number of hydrogen-bond donors (Lipinski definition) is 2. The van der Waals surface area contributed by atoms with Gasteiger partial charge >= 0.3 is 5.97 Å². The summed E-state index contributed by atoms with van der Waals surface area (Å²) >= 11 is 0. The van der Waals surface area contributed by atoms with Crippen LogP contribution < -0.4 is 10.1 Å². The van der Waals surface area contributed by atoms with Crippen LogP contribution in [0.4, 0.5) is 10.1 Å². The third-order valence-electron chi connectivity index (χ3n) is 3.19. The summed E-state index contributed by atoms with van der Waals surface area (Å²) in [7, 11) is 1.42. The second kappa shape index (κ2) is 6.26. The fourth-order valence-electron chi connectivity index (χ4n) is 1.99. The molecule has 0 saturated carbocycles. The molecule has 0 fully saturated rings. The molecule has 0 radical (unpaired) electrons. The van der Waals surface area contributed by atoms with E-state index in [2.05, 4.69) is 5.32 Å². The second-order valence-corrected chi connectivity index (χ2v) is 4.64. The van der Waals surface area contributed by atoms with E-state index < -0.39 is 11.8 Å². The molecule has 2 N–H and O–H groups in total. The lowest BCUT2D eigenvalue weighted by atomic mass is 10.1. The molecular formula is C16H16FNO3. The first-order chi connectivity index (χ1) is 10.0. The van der Waals surface area contributed by atoms with Gasteiger partial charge in [-0.3, -0.25) is 0 Å². The van der Waals surface area contributed by atoms with E-state index >= 15 is 0 Å². The van der Waals surface area contributed by atoms with Crippen molar-refractivity contribution in [2.45, 2.75) is 13.0 Å². The molecule has 0 aliphatic heterocycles. The topological polar surface area (TPSA) is 58.6 Å². The molecule has 0 heterocycles. The summed E-state index contributed by atoms with van der Waals surface area (Å²) in [6.45, 7) is 1.90. The third-order valence-corrected chi connectivity index (χ3v) is 3.19. The first-order valence-corrected chi connectivity index (χ1v) is 6.44. The lowest BCUT2D eigenvalue weighted by Gasteiger charge is -2.16. The molecule has 2 aromatic rings. The Labute approximate surface area is 122 Å². The zero-order chi connectivity index (χ0) is 15.4. The summed E-state index contributed by atoms with van der Waals surface area (Å²) in [4.78, 5) is 10.8. The van der Waals surface area contributed by atoms with Gasteiger partial charge < -0.3 is 15.2 Å². The smallest absolute Gasteiger partial charge is 0.335 e. The molecular weight excluding hydrogens is 273 g/mol. The lowest BCUT2D eigenvalue weighted by Crippen LogP contribution is -2.07. The number of halogens is 1. The molecule has 21 heavy (non-hydrogen) atoms. The normalized spacial score (nSPS) is 11.8. The number of benzene rings is 2. The average Bonchev–Trinajstić information content (AvgIpc) is 2.47. The quantitative estimate of drug-likeness (QED) is 0.881. The van der Waals surface area contributed by atoms with Crippen molar-refractivity contribution < 1.29 is 19.0 Å². The van der Waals surface area contributed by atoms with Crippen LogP contribution in [-0.2, 0) is 0 Å². The molecule has 5 heteroatoms. The molecule has 0 saturated heterocycles. The molecule has 2 aromatic carbocycles. The molecule has 0 aromatic heterocycles. The van der Waals surface area contributed by atoms with Gasteiger partial charge in [0.05, 0.1) is 12.7 Å². The van der Waals surface area contributed by atoms with Gasteiger partial charge in [0.15, 0.2) is 11.6 Å². The van der Waals surface area contributed by atoms with Gasteiger partial charge in [0.1, 0.15) is 0 Å². The van der Waals surface area contributed by atoms with Gasteiger partial charge in [-0.15, -0.1) is 0 Å². The van der Waals surface area contributed by atoms with Gasteiger partial charge in [-0.2, -0.15) is 0 Å². The minimum absolute atomic E-state index is 0.124. The summed E-state index contributed by atoms with van der Waals surface area (Å²) in [6, 6.07) is 11.1. The van der Waals surface area contributed by atoms with Crippen LogP contribution in [0.3, 0.4) is 0 Å². The number of carboxylic acids is 1. The maximum Gasteiger partial charge on any atom is 0.335 e. The van der Waals surface area contributed by atoms with Crippen LogP contribution in [0.15, 0.2) is 42.5 Å². The van der Waals surface area contributed by atoms with E-state index in [-0.39, 0.29) is 17.4 Å². The summed E-state index contributed by atoms with van der Waals surface area (Å²) < 4.78 is 18.6. The Morgan fingerprint density at radius 2 is 1.90 bits per heavy atom. The van der Waals surface area contributed by atoms with Crippen LogP contribution in [0.1, 0.15) is 28.9 Å². The van der Waals surface area contributed by atoms with E-state index in [9.17, 15) is 9.18 Å². The molecule has 0 aliphatic carbocycles. The molecule has 110 valence electrons. The van der Waals surface area contributed by atoms with Gasteiger partial charge in [0, 0.05) is 11.7 Å². The molecule has 0 aliphatic rings. The third kappa shape index (κ3) is 3.51. The number of methoxy groups -OCH3 is 1. The van der Waals surface area contributed by atoms with Gasteiger partial charge in [-0.05, 0) is 48.9 Å². The van der Waals surface area contributed by atoms with Crippen molar-refractivity contribution in [1.29, 1.82) is 0 Å². The molecule has 4 nitrogen and oxygen atoms in total. The van der Waals surface area contributed by atoms with Crippen LogP contribution in [-0.4, -0.2) is 18.2 Å². The maximum atomic E-state index is 13.7. The van der Waals surface area contributed by atoms with Gasteiger partial charge in [-0.1, -0.05) is 6.07 Å². The molecule has 0 spiro atoms. The monoisotopic (exact) mass is 289 g/mol. The van der Waals surface area contributed by atoms with Crippen LogP contribution in [0, 0.1) is 5.82 Å². The van der Waals surface area contributed by atoms with Gasteiger partial charge in [0.25, 0.3) is 0 Å². The maximum absolute atomic E-state index is 13.7. The molecule has 1 atom stereocenters. The minimum Gasteiger partial charge on any atom is -0.494 e. The summed E-state index contributed by atoms with van der Waals surface area (Å²) in [5.41, 5.74) is 1.77. The van der Waals surface area contributed by atoms with Crippen LogP contribution in [0.5, 0.6) is 5.75 Å². The standard InChI is InChI=1S/C16H16FNO3/c1-10(12-5-8-15(21-2)14(17)9-12)18-13-6-3-11(4-7-13)16(19)20/h3-10,18H,1-2H3,(H,19,20). The SMILES string of the molecule is COc1ccc(C(C)Nc2ccc(C(=O)O)cc2)cc1F. The fraction of sp³-hybridized carbons (Fsp3) is 0.188. The Balaban J connectivity index is 2.12. The van der Waals surface area contributed by atoms with Gasteiger partial charge in [0.2, 0.25) is 0 Å². The zero-order valence-corrected chi connectivity index (χ0v) is 11.8. The summed E-state index contributed by atoms with van der Waals surface area (Å²) in [6.07, 6.45) is 0. The number of aromatic carboxylic acids is 1. The number of carbonyl (C=O) groups is 1. The van der Waals surface area contributed by atoms with Crippen molar-refractivity contribution in [3.05, 3.63) is 59.4 Å². The summed E-state index contributed by atoms with van der Waals surface area (Å²) in [5, 5.41) is 12.0. The Kier molecular flexibility index (Phi) is 4.42. The Hall–Kier alpha value is -2.56. The van der Waals surface area contributed by atoms with Crippen LogP contribution in [0.2, 0.25) is 0 Å². The second-order valence-electron chi connectivity index (χ2n) is 4.64. The Morgan fingerprint density at radius 1 is 1.24 bits per heavy atom. The lowest BCUT2D eigenvalue weighted by molar-refractivity contribution is 0.0697. The Bertz CT molecular complexity index is 640. The van der Waals surface area contributed by atoms with Crippen molar-refractivity contribution in [3.63, 3.8) is 0 Å². The molecule has 0 bridgehead atoms. The van der Waals surface area contributed by atoms with E-state index in [0.29, 0.717) is 0 Å². The predicted molar refractivity (Wildman–Crippen MR) is 78.4 cm³/mol. The number of ether oxygens (including phenoxy) is 1. The van der Waals surface area contributed by atoms with Crippen molar-refractivity contribution in [1.82, 2.24) is 0 Å². The highest BCUT2D eigenvalue weighted by Gasteiger charge is 2.10. The van der Waals surface area contributed by atoms with E-state index in [1.54, 1.807) is 24.3 Å². The molecule has 1 unspecified atom stereocenters. The molecule has 2 rings (SSSR count). The van der Waals surface area contributed by atoms with Gasteiger partial charge in [-0.25, -0.2) is 9.18 Å². The fourth-order valence-corrected chi connectivity index (χ4v) is 1.99. The highest BCUT2D eigenvalue weighted by atomic mass is 19.1. The number of nitrogens with one attached hydrogen (secondary N) is 1.